The van der Waals surface area contributed by atoms with Gasteiger partial charge in [-0.3, -0.25) is 14.6 Å². The van der Waals surface area contributed by atoms with E-state index in [0.717, 1.165) is 34.5 Å². The van der Waals surface area contributed by atoms with E-state index in [2.05, 4.69) is 21.4 Å². The van der Waals surface area contributed by atoms with Crippen LogP contribution in [0.3, 0.4) is 0 Å². The fraction of sp³-hybridized carbons (Fsp3) is 0.261. The van der Waals surface area contributed by atoms with E-state index in [1.165, 1.54) is 12.1 Å². The van der Waals surface area contributed by atoms with Gasteiger partial charge in [0.2, 0.25) is 0 Å². The van der Waals surface area contributed by atoms with Gasteiger partial charge in [0.25, 0.3) is 5.91 Å². The summed E-state index contributed by atoms with van der Waals surface area (Å²) in [5.41, 5.74) is 2.87. The van der Waals surface area contributed by atoms with Crippen LogP contribution in [0.15, 0.2) is 55.0 Å². The average Bonchev–Trinajstić information content (AvgIpc) is 3.50. The number of carbonyl (C=O) groups excluding carboxylic acids is 1. The number of halogens is 2. The zero-order chi connectivity index (χ0) is 21.5. The van der Waals surface area contributed by atoms with Crippen LogP contribution in [0.25, 0.3) is 22.0 Å². The van der Waals surface area contributed by atoms with E-state index in [4.69, 9.17) is 0 Å². The first-order valence-corrected chi connectivity index (χ1v) is 10.2. The molecule has 4 aromatic rings. The summed E-state index contributed by atoms with van der Waals surface area (Å²) in [5.74, 6) is -2.39. The summed E-state index contributed by atoms with van der Waals surface area (Å²) < 4.78 is 29.6. The number of rotatable bonds is 4. The molecule has 2 atom stereocenters. The SMILES string of the molecule is C[C@H]1C[C@@H](Cn2ncc3cc(-c4cn[nH]c4)ccc32)CN1C(=O)c1cccc(F)c1F. The van der Waals surface area contributed by atoms with E-state index in [1.807, 2.05) is 36.1 Å². The first-order valence-electron chi connectivity index (χ1n) is 10.2. The monoisotopic (exact) mass is 421 g/mol. The second-order valence-corrected chi connectivity index (χ2v) is 8.10. The number of amides is 1. The predicted molar refractivity (Wildman–Crippen MR) is 112 cm³/mol. The summed E-state index contributed by atoms with van der Waals surface area (Å²) in [5, 5.41) is 12.4. The van der Waals surface area contributed by atoms with Crippen molar-refractivity contribution in [1.82, 2.24) is 24.9 Å². The molecule has 0 spiro atoms. The Morgan fingerprint density at radius 1 is 1.19 bits per heavy atom. The molecule has 1 aliphatic rings. The van der Waals surface area contributed by atoms with Gasteiger partial charge in [-0.15, -0.1) is 0 Å². The van der Waals surface area contributed by atoms with Gasteiger partial charge in [-0.1, -0.05) is 12.1 Å². The molecular weight excluding hydrogens is 400 g/mol. The van der Waals surface area contributed by atoms with Crippen LogP contribution >= 0.6 is 0 Å². The maximum Gasteiger partial charge on any atom is 0.257 e. The lowest BCUT2D eigenvalue weighted by molar-refractivity contribution is 0.0736. The first kappa shape index (κ1) is 19.4. The number of benzene rings is 2. The highest BCUT2D eigenvalue weighted by molar-refractivity contribution is 5.95. The fourth-order valence-corrected chi connectivity index (χ4v) is 4.45. The normalized spacial score (nSPS) is 18.7. The Hall–Kier alpha value is -3.55. The Bertz CT molecular complexity index is 1250. The molecule has 0 bridgehead atoms. The minimum Gasteiger partial charge on any atom is -0.335 e. The second kappa shape index (κ2) is 7.61. The van der Waals surface area contributed by atoms with E-state index >= 15 is 0 Å². The number of H-pyrrole nitrogens is 1. The Kier molecular flexibility index (Phi) is 4.77. The highest BCUT2D eigenvalue weighted by Crippen LogP contribution is 2.29. The molecule has 3 heterocycles. The molecule has 0 unspecified atom stereocenters. The summed E-state index contributed by atoms with van der Waals surface area (Å²) in [6, 6.07) is 9.79. The lowest BCUT2D eigenvalue weighted by Crippen LogP contribution is -2.35. The van der Waals surface area contributed by atoms with E-state index in [0.29, 0.717) is 13.1 Å². The van der Waals surface area contributed by atoms with Gasteiger partial charge < -0.3 is 4.90 Å². The Balaban J connectivity index is 1.34. The van der Waals surface area contributed by atoms with E-state index in [-0.39, 0.29) is 17.5 Å². The number of nitrogens with zero attached hydrogens (tertiary/aromatic N) is 4. The Morgan fingerprint density at radius 3 is 2.87 bits per heavy atom. The number of aromatic amines is 1. The van der Waals surface area contributed by atoms with Crippen LogP contribution in [0.5, 0.6) is 0 Å². The first-order chi connectivity index (χ1) is 15.0. The van der Waals surface area contributed by atoms with Crippen molar-refractivity contribution in [3.8, 4) is 11.1 Å². The van der Waals surface area contributed by atoms with Crippen LogP contribution in [-0.4, -0.2) is 43.4 Å². The molecule has 8 heteroatoms. The highest BCUT2D eigenvalue weighted by atomic mass is 19.2. The standard InChI is InChI=1S/C23H21F2N5O/c1-14-7-15(12-29(14)23(31)19-3-2-4-20(24)22(19)25)13-30-21-6-5-16(8-17(21)11-28-30)18-9-26-27-10-18/h2-6,8-11,14-15H,7,12-13H2,1H3,(H,26,27)/t14-,15+/m0/s1. The molecule has 0 aliphatic carbocycles. The highest BCUT2D eigenvalue weighted by Gasteiger charge is 2.34. The third-order valence-corrected chi connectivity index (χ3v) is 6.01. The summed E-state index contributed by atoms with van der Waals surface area (Å²) >= 11 is 0. The van der Waals surface area contributed by atoms with E-state index in [1.54, 1.807) is 11.1 Å². The molecule has 31 heavy (non-hydrogen) atoms. The van der Waals surface area contributed by atoms with Crippen molar-refractivity contribution >= 4 is 16.8 Å². The zero-order valence-electron chi connectivity index (χ0n) is 16.9. The lowest BCUT2D eigenvalue weighted by atomic mass is 10.1. The number of hydrogen-bond acceptors (Lipinski definition) is 3. The number of carbonyl (C=O) groups is 1. The molecule has 158 valence electrons. The number of nitrogens with one attached hydrogen (secondary N) is 1. The summed E-state index contributed by atoms with van der Waals surface area (Å²) in [6.07, 6.45) is 6.23. The molecule has 1 fully saturated rings. The van der Waals surface area contributed by atoms with E-state index in [9.17, 15) is 13.6 Å². The van der Waals surface area contributed by atoms with Crippen molar-refractivity contribution in [2.45, 2.75) is 25.9 Å². The maximum atomic E-state index is 14.1. The van der Waals surface area contributed by atoms with Crippen molar-refractivity contribution in [2.24, 2.45) is 5.92 Å². The van der Waals surface area contributed by atoms with Crippen LogP contribution in [0, 0.1) is 17.6 Å². The van der Waals surface area contributed by atoms with Gasteiger partial charge >= 0.3 is 0 Å². The van der Waals surface area contributed by atoms with Gasteiger partial charge in [-0.25, -0.2) is 8.78 Å². The summed E-state index contributed by atoms with van der Waals surface area (Å²) in [7, 11) is 0. The number of likely N-dealkylation sites (tertiary alicyclic amines) is 1. The molecule has 5 rings (SSSR count). The van der Waals surface area contributed by atoms with Crippen LogP contribution in [-0.2, 0) is 6.54 Å². The number of aromatic nitrogens is 4. The topological polar surface area (TPSA) is 66.8 Å². The second-order valence-electron chi connectivity index (χ2n) is 8.10. The molecule has 6 nitrogen and oxygen atoms in total. The van der Waals surface area contributed by atoms with Crippen LogP contribution in [0.2, 0.25) is 0 Å². The maximum absolute atomic E-state index is 14.1. The fourth-order valence-electron chi connectivity index (χ4n) is 4.45. The molecular formula is C23H21F2N5O. The van der Waals surface area contributed by atoms with Gasteiger partial charge in [-0.05, 0) is 49.1 Å². The average molecular weight is 421 g/mol. The van der Waals surface area contributed by atoms with Crippen LogP contribution in [0.1, 0.15) is 23.7 Å². The third-order valence-electron chi connectivity index (χ3n) is 6.01. The van der Waals surface area contributed by atoms with Gasteiger partial charge in [0.15, 0.2) is 11.6 Å². The van der Waals surface area contributed by atoms with Crippen molar-refractivity contribution < 1.29 is 13.6 Å². The molecule has 1 saturated heterocycles. The van der Waals surface area contributed by atoms with Gasteiger partial charge in [-0.2, -0.15) is 10.2 Å². The van der Waals surface area contributed by atoms with Crippen molar-refractivity contribution in [3.05, 3.63) is 72.2 Å². The molecule has 2 aromatic heterocycles. The van der Waals surface area contributed by atoms with Crippen LogP contribution in [0.4, 0.5) is 8.78 Å². The molecule has 0 radical (unpaired) electrons. The number of fused-ring (bicyclic) bond motifs is 1. The molecule has 2 aromatic carbocycles. The quantitative estimate of drug-likeness (QED) is 0.536. The molecule has 1 N–H and O–H groups in total. The van der Waals surface area contributed by atoms with E-state index < -0.39 is 17.5 Å². The number of hydrogen-bond donors (Lipinski definition) is 1. The minimum absolute atomic E-state index is 0.0605. The van der Waals surface area contributed by atoms with Crippen molar-refractivity contribution in [2.75, 3.05) is 6.54 Å². The van der Waals surface area contributed by atoms with Gasteiger partial charge in [0.05, 0.1) is 23.5 Å². The predicted octanol–water partition coefficient (Wildman–Crippen LogP) is 4.26. The smallest absolute Gasteiger partial charge is 0.257 e. The van der Waals surface area contributed by atoms with Gasteiger partial charge in [0, 0.05) is 36.3 Å². The largest absolute Gasteiger partial charge is 0.335 e. The molecule has 1 aliphatic heterocycles. The molecule has 1 amide bonds. The molecule has 0 saturated carbocycles. The lowest BCUT2D eigenvalue weighted by Gasteiger charge is -2.22. The Labute approximate surface area is 177 Å². The third kappa shape index (κ3) is 3.48. The zero-order valence-corrected chi connectivity index (χ0v) is 16.9. The minimum atomic E-state index is -1.09. The van der Waals surface area contributed by atoms with Crippen molar-refractivity contribution in [1.29, 1.82) is 0 Å². The van der Waals surface area contributed by atoms with Crippen LogP contribution < -0.4 is 0 Å². The van der Waals surface area contributed by atoms with Gasteiger partial charge in [0.1, 0.15) is 0 Å². The van der Waals surface area contributed by atoms with Crippen molar-refractivity contribution in [3.63, 3.8) is 0 Å². The summed E-state index contributed by atoms with van der Waals surface area (Å²) in [4.78, 5) is 14.5. The Morgan fingerprint density at radius 2 is 2.06 bits per heavy atom. The summed E-state index contributed by atoms with van der Waals surface area (Å²) in [6.45, 7) is 3.06.